The second-order valence-electron chi connectivity index (χ2n) is 3.80. The van der Waals surface area contributed by atoms with Crippen LogP contribution in [0.15, 0.2) is 17.8 Å². The van der Waals surface area contributed by atoms with Crippen molar-refractivity contribution in [2.24, 2.45) is 5.92 Å². The number of nitrogens with zero attached hydrogens (tertiary/aromatic N) is 2. The van der Waals surface area contributed by atoms with Gasteiger partial charge >= 0.3 is 0 Å². The molecule has 16 heavy (non-hydrogen) atoms. The normalized spacial score (nSPS) is 12.9. The molecule has 0 bridgehead atoms. The average molecular weight is 237 g/mol. The van der Waals surface area contributed by atoms with Crippen molar-refractivity contribution in [3.8, 4) is 0 Å². The molecular formula is C11H15N3OS. The Bertz CT molecular complexity index is 457. The number of methoxy groups -OCH3 is 1. The Morgan fingerprint density at radius 3 is 3.19 bits per heavy atom. The van der Waals surface area contributed by atoms with Crippen LogP contribution in [0.1, 0.15) is 6.92 Å². The van der Waals surface area contributed by atoms with E-state index < -0.39 is 0 Å². The van der Waals surface area contributed by atoms with Gasteiger partial charge in [0.05, 0.1) is 12.0 Å². The van der Waals surface area contributed by atoms with Crippen molar-refractivity contribution in [3.63, 3.8) is 0 Å². The summed E-state index contributed by atoms with van der Waals surface area (Å²) in [5.41, 5.74) is 0. The van der Waals surface area contributed by atoms with Gasteiger partial charge in [-0.3, -0.25) is 0 Å². The second-order valence-corrected chi connectivity index (χ2v) is 4.70. The minimum absolute atomic E-state index is 0.466. The summed E-state index contributed by atoms with van der Waals surface area (Å²) in [6.07, 6.45) is 1.60. The van der Waals surface area contributed by atoms with Crippen molar-refractivity contribution in [1.82, 2.24) is 9.97 Å². The summed E-state index contributed by atoms with van der Waals surface area (Å²) in [5, 5.41) is 6.46. The summed E-state index contributed by atoms with van der Waals surface area (Å²) in [6, 6.07) is 2.04. The Balaban J connectivity index is 2.06. The summed E-state index contributed by atoms with van der Waals surface area (Å²) in [5.74, 6) is 1.38. The molecule has 0 radical (unpaired) electrons. The van der Waals surface area contributed by atoms with E-state index in [-0.39, 0.29) is 0 Å². The van der Waals surface area contributed by atoms with Crippen LogP contribution in [-0.2, 0) is 4.74 Å². The summed E-state index contributed by atoms with van der Waals surface area (Å²) >= 11 is 1.63. The minimum atomic E-state index is 0.466. The van der Waals surface area contributed by atoms with Crippen molar-refractivity contribution in [1.29, 1.82) is 0 Å². The van der Waals surface area contributed by atoms with E-state index in [9.17, 15) is 0 Å². The molecule has 2 aromatic heterocycles. The molecule has 2 heterocycles. The van der Waals surface area contributed by atoms with E-state index in [2.05, 4.69) is 22.2 Å². The molecule has 1 N–H and O–H groups in total. The Morgan fingerprint density at radius 2 is 2.38 bits per heavy atom. The van der Waals surface area contributed by atoms with Crippen LogP contribution in [0, 0.1) is 5.92 Å². The number of fused-ring (bicyclic) bond motifs is 1. The van der Waals surface area contributed by atoms with Crippen LogP contribution < -0.4 is 5.32 Å². The first-order valence-electron chi connectivity index (χ1n) is 5.22. The van der Waals surface area contributed by atoms with E-state index in [1.165, 1.54) is 0 Å². The molecule has 0 amide bonds. The molecule has 0 saturated heterocycles. The Kier molecular flexibility index (Phi) is 3.69. The fourth-order valence-corrected chi connectivity index (χ4v) is 2.28. The maximum Gasteiger partial charge on any atom is 0.138 e. The van der Waals surface area contributed by atoms with E-state index in [0.717, 1.165) is 29.2 Å². The van der Waals surface area contributed by atoms with Gasteiger partial charge in [-0.15, -0.1) is 11.3 Å². The van der Waals surface area contributed by atoms with E-state index in [1.54, 1.807) is 24.8 Å². The zero-order chi connectivity index (χ0) is 11.4. The molecule has 0 aliphatic carbocycles. The highest BCUT2D eigenvalue weighted by molar-refractivity contribution is 7.16. The van der Waals surface area contributed by atoms with Gasteiger partial charge < -0.3 is 10.1 Å². The highest BCUT2D eigenvalue weighted by Gasteiger charge is 2.06. The van der Waals surface area contributed by atoms with E-state index in [0.29, 0.717) is 5.92 Å². The number of nitrogens with one attached hydrogen (secondary N) is 1. The van der Waals surface area contributed by atoms with Crippen molar-refractivity contribution < 1.29 is 4.74 Å². The van der Waals surface area contributed by atoms with Gasteiger partial charge in [0.2, 0.25) is 0 Å². The molecule has 2 rings (SSSR count). The summed E-state index contributed by atoms with van der Waals surface area (Å²) in [6.45, 7) is 3.75. The summed E-state index contributed by atoms with van der Waals surface area (Å²) < 4.78 is 5.09. The number of anilines is 1. The maximum absolute atomic E-state index is 5.09. The smallest absolute Gasteiger partial charge is 0.138 e. The first-order chi connectivity index (χ1) is 7.81. The van der Waals surface area contributed by atoms with Gasteiger partial charge in [0, 0.05) is 13.7 Å². The third-order valence-corrected chi connectivity index (χ3v) is 3.15. The van der Waals surface area contributed by atoms with Crippen molar-refractivity contribution in [2.75, 3.05) is 25.6 Å². The fraction of sp³-hybridized carbons (Fsp3) is 0.455. The number of hydrogen-bond acceptors (Lipinski definition) is 5. The molecule has 1 unspecified atom stereocenters. The topological polar surface area (TPSA) is 47.0 Å². The molecule has 4 nitrogen and oxygen atoms in total. The molecule has 86 valence electrons. The Morgan fingerprint density at radius 1 is 1.50 bits per heavy atom. The van der Waals surface area contributed by atoms with Crippen molar-refractivity contribution in [3.05, 3.63) is 17.8 Å². The van der Waals surface area contributed by atoms with Crippen LogP contribution in [-0.4, -0.2) is 30.2 Å². The van der Waals surface area contributed by atoms with Gasteiger partial charge in [0.15, 0.2) is 0 Å². The average Bonchev–Trinajstić information content (AvgIpc) is 2.75. The molecule has 0 saturated carbocycles. The molecule has 0 aliphatic heterocycles. The third-order valence-electron chi connectivity index (χ3n) is 2.33. The summed E-state index contributed by atoms with van der Waals surface area (Å²) in [4.78, 5) is 9.49. The van der Waals surface area contributed by atoms with Crippen LogP contribution in [0.4, 0.5) is 5.82 Å². The predicted octanol–water partition coefficient (Wildman–Crippen LogP) is 2.39. The molecule has 0 spiro atoms. The highest BCUT2D eigenvalue weighted by atomic mass is 32.1. The molecule has 0 fully saturated rings. The van der Waals surface area contributed by atoms with Crippen LogP contribution in [0.2, 0.25) is 0 Å². The lowest BCUT2D eigenvalue weighted by Crippen LogP contribution is -2.16. The maximum atomic E-state index is 5.09. The summed E-state index contributed by atoms with van der Waals surface area (Å²) in [7, 11) is 1.72. The minimum Gasteiger partial charge on any atom is -0.384 e. The Labute approximate surface area is 98.7 Å². The number of hydrogen-bond donors (Lipinski definition) is 1. The van der Waals surface area contributed by atoms with E-state index >= 15 is 0 Å². The zero-order valence-electron chi connectivity index (χ0n) is 9.43. The predicted molar refractivity (Wildman–Crippen MR) is 66.9 cm³/mol. The van der Waals surface area contributed by atoms with Crippen LogP contribution >= 0.6 is 11.3 Å². The molecule has 5 heteroatoms. The quantitative estimate of drug-likeness (QED) is 0.867. The van der Waals surface area contributed by atoms with E-state index in [4.69, 9.17) is 4.74 Å². The molecule has 0 aromatic carbocycles. The number of rotatable bonds is 5. The van der Waals surface area contributed by atoms with Gasteiger partial charge in [0.1, 0.15) is 17.0 Å². The SMILES string of the molecule is COCC(C)CNc1ncnc2sccc12. The fourth-order valence-electron chi connectivity index (χ4n) is 1.55. The van der Waals surface area contributed by atoms with Crippen molar-refractivity contribution in [2.45, 2.75) is 6.92 Å². The Hall–Kier alpha value is -1.20. The molecule has 1 atom stereocenters. The third kappa shape index (κ3) is 2.48. The first-order valence-corrected chi connectivity index (χ1v) is 6.10. The second kappa shape index (κ2) is 5.23. The standard InChI is InChI=1S/C11H15N3OS/c1-8(6-15-2)5-12-10-9-3-4-16-11(9)14-7-13-10/h3-4,7-8H,5-6H2,1-2H3,(H,12,13,14). The van der Waals surface area contributed by atoms with Gasteiger partial charge in [-0.1, -0.05) is 6.92 Å². The highest BCUT2D eigenvalue weighted by Crippen LogP contribution is 2.23. The van der Waals surface area contributed by atoms with Crippen LogP contribution in [0.25, 0.3) is 10.2 Å². The largest absolute Gasteiger partial charge is 0.384 e. The number of thiophene rings is 1. The lowest BCUT2D eigenvalue weighted by Gasteiger charge is -2.12. The van der Waals surface area contributed by atoms with Crippen molar-refractivity contribution >= 4 is 27.4 Å². The first kappa shape index (κ1) is 11.3. The van der Waals surface area contributed by atoms with E-state index in [1.807, 2.05) is 11.4 Å². The van der Waals surface area contributed by atoms with Gasteiger partial charge in [-0.2, -0.15) is 0 Å². The molecule has 0 aliphatic rings. The van der Waals surface area contributed by atoms with Crippen LogP contribution in [0.3, 0.4) is 0 Å². The van der Waals surface area contributed by atoms with Gasteiger partial charge in [0.25, 0.3) is 0 Å². The molecular weight excluding hydrogens is 222 g/mol. The number of ether oxygens (including phenoxy) is 1. The van der Waals surface area contributed by atoms with Gasteiger partial charge in [-0.25, -0.2) is 9.97 Å². The molecule has 2 aromatic rings. The van der Waals surface area contributed by atoms with Gasteiger partial charge in [-0.05, 0) is 17.4 Å². The lowest BCUT2D eigenvalue weighted by molar-refractivity contribution is 0.164. The zero-order valence-corrected chi connectivity index (χ0v) is 10.3. The number of aromatic nitrogens is 2. The monoisotopic (exact) mass is 237 g/mol. The van der Waals surface area contributed by atoms with Crippen LogP contribution in [0.5, 0.6) is 0 Å². The lowest BCUT2D eigenvalue weighted by atomic mass is 10.2.